The first-order valence-corrected chi connectivity index (χ1v) is 8.50. The summed E-state index contributed by atoms with van der Waals surface area (Å²) in [4.78, 5) is 0.385. The molecule has 0 saturated carbocycles. The van der Waals surface area contributed by atoms with E-state index >= 15 is 0 Å². The van der Waals surface area contributed by atoms with Gasteiger partial charge in [-0.2, -0.15) is 4.31 Å². The molecule has 2 heterocycles. The maximum Gasteiger partial charge on any atom is 0.243 e. The molecule has 2 aliphatic rings. The van der Waals surface area contributed by atoms with Gasteiger partial charge in [-0.15, -0.1) is 12.4 Å². The van der Waals surface area contributed by atoms with Gasteiger partial charge in [0, 0.05) is 25.7 Å². The lowest BCUT2D eigenvalue weighted by Gasteiger charge is -2.31. The van der Waals surface area contributed by atoms with E-state index in [4.69, 9.17) is 4.74 Å². The fourth-order valence-corrected chi connectivity index (χ4v) is 4.34. The highest BCUT2D eigenvalue weighted by Crippen LogP contribution is 2.28. The van der Waals surface area contributed by atoms with Crippen molar-refractivity contribution < 1.29 is 13.2 Å². The summed E-state index contributed by atoms with van der Waals surface area (Å²) in [5.41, 5.74) is 1.00. The van der Waals surface area contributed by atoms with E-state index in [9.17, 15) is 8.42 Å². The van der Waals surface area contributed by atoms with Gasteiger partial charge in [-0.1, -0.05) is 0 Å². The van der Waals surface area contributed by atoms with Gasteiger partial charge in [0.25, 0.3) is 0 Å². The van der Waals surface area contributed by atoms with Crippen molar-refractivity contribution in [2.24, 2.45) is 0 Å². The first-order valence-electron chi connectivity index (χ1n) is 7.06. The zero-order chi connectivity index (χ0) is 14.2. The van der Waals surface area contributed by atoms with Crippen LogP contribution in [0.5, 0.6) is 5.75 Å². The molecule has 1 N–H and O–H groups in total. The molecule has 0 spiro atoms. The largest absolute Gasteiger partial charge is 0.493 e. The first kappa shape index (κ1) is 16.5. The molecule has 0 bridgehead atoms. The minimum atomic E-state index is -3.39. The van der Waals surface area contributed by atoms with Crippen molar-refractivity contribution in [3.8, 4) is 5.75 Å². The Kier molecular flexibility index (Phi) is 5.14. The second-order valence-electron chi connectivity index (χ2n) is 5.44. The SMILES string of the molecule is CC1CN(S(=O)(=O)c2ccc3c(c2)CCCO3)CCN1.Cl. The molecule has 1 unspecified atom stereocenters. The van der Waals surface area contributed by atoms with Crippen LogP contribution in [0, 0.1) is 0 Å². The maximum atomic E-state index is 12.7. The number of piperazine rings is 1. The number of sulfonamides is 1. The third-order valence-corrected chi connectivity index (χ3v) is 5.71. The monoisotopic (exact) mass is 332 g/mol. The summed E-state index contributed by atoms with van der Waals surface area (Å²) >= 11 is 0. The van der Waals surface area contributed by atoms with Crippen molar-refractivity contribution in [1.82, 2.24) is 9.62 Å². The van der Waals surface area contributed by atoms with Gasteiger partial charge in [0.1, 0.15) is 5.75 Å². The molecule has 118 valence electrons. The molecule has 0 aliphatic carbocycles. The molecule has 3 rings (SSSR count). The van der Waals surface area contributed by atoms with Crippen LogP contribution in [-0.4, -0.2) is 45.0 Å². The predicted molar refractivity (Wildman–Crippen MR) is 83.7 cm³/mol. The molecular formula is C14H21ClN2O3S. The standard InChI is InChI=1S/C14H20N2O3S.ClH/c1-11-10-16(7-6-15-11)20(17,18)13-4-5-14-12(9-13)3-2-8-19-14;/h4-5,9,11,15H,2-3,6-8,10H2,1H3;1H. The number of aryl methyl sites for hydroxylation is 1. The van der Waals surface area contributed by atoms with Crippen LogP contribution in [-0.2, 0) is 16.4 Å². The van der Waals surface area contributed by atoms with Gasteiger partial charge in [0.05, 0.1) is 11.5 Å². The van der Waals surface area contributed by atoms with Crippen LogP contribution in [0.1, 0.15) is 18.9 Å². The summed E-state index contributed by atoms with van der Waals surface area (Å²) in [6, 6.07) is 5.41. The van der Waals surface area contributed by atoms with Crippen molar-refractivity contribution in [2.45, 2.75) is 30.7 Å². The fourth-order valence-electron chi connectivity index (χ4n) is 2.76. The number of benzene rings is 1. The van der Waals surface area contributed by atoms with Crippen molar-refractivity contribution in [3.63, 3.8) is 0 Å². The summed E-state index contributed by atoms with van der Waals surface area (Å²) in [5, 5.41) is 3.26. The van der Waals surface area contributed by atoms with E-state index in [1.165, 1.54) is 0 Å². The second kappa shape index (κ2) is 6.52. The lowest BCUT2D eigenvalue weighted by atomic mass is 10.1. The molecule has 2 aliphatic heterocycles. The van der Waals surface area contributed by atoms with Gasteiger partial charge in [0.15, 0.2) is 0 Å². The molecule has 5 nitrogen and oxygen atoms in total. The van der Waals surface area contributed by atoms with Gasteiger partial charge in [0.2, 0.25) is 10.0 Å². The number of ether oxygens (including phenoxy) is 1. The van der Waals surface area contributed by atoms with Crippen molar-refractivity contribution in [3.05, 3.63) is 23.8 Å². The highest BCUT2D eigenvalue weighted by Gasteiger charge is 2.29. The van der Waals surface area contributed by atoms with Crippen molar-refractivity contribution in [1.29, 1.82) is 0 Å². The lowest BCUT2D eigenvalue weighted by molar-refractivity contribution is 0.287. The summed E-state index contributed by atoms with van der Waals surface area (Å²) in [7, 11) is -3.39. The van der Waals surface area contributed by atoms with Crippen LogP contribution < -0.4 is 10.1 Å². The molecule has 21 heavy (non-hydrogen) atoms. The van der Waals surface area contributed by atoms with E-state index in [2.05, 4.69) is 5.32 Å². The number of fused-ring (bicyclic) bond motifs is 1. The highest BCUT2D eigenvalue weighted by atomic mass is 35.5. The Morgan fingerprint density at radius 3 is 2.95 bits per heavy atom. The Hall–Kier alpha value is -0.820. The van der Waals surface area contributed by atoms with Gasteiger partial charge in [-0.05, 0) is 43.5 Å². The minimum Gasteiger partial charge on any atom is -0.493 e. The average molecular weight is 333 g/mol. The summed E-state index contributed by atoms with van der Waals surface area (Å²) < 4.78 is 32.5. The predicted octanol–water partition coefficient (Wildman–Crippen LogP) is 1.42. The minimum absolute atomic E-state index is 0. The van der Waals surface area contributed by atoms with E-state index in [1.807, 2.05) is 6.92 Å². The smallest absolute Gasteiger partial charge is 0.243 e. The third kappa shape index (κ3) is 3.34. The number of nitrogens with one attached hydrogen (secondary N) is 1. The maximum absolute atomic E-state index is 12.7. The highest BCUT2D eigenvalue weighted by molar-refractivity contribution is 7.89. The van der Waals surface area contributed by atoms with Crippen LogP contribution in [0.4, 0.5) is 0 Å². The van der Waals surface area contributed by atoms with E-state index in [-0.39, 0.29) is 18.4 Å². The topological polar surface area (TPSA) is 58.6 Å². The first-order chi connectivity index (χ1) is 9.57. The van der Waals surface area contributed by atoms with Crippen LogP contribution in [0.15, 0.2) is 23.1 Å². The summed E-state index contributed by atoms with van der Waals surface area (Å²) in [6.07, 6.45) is 1.83. The third-order valence-electron chi connectivity index (χ3n) is 3.85. The summed E-state index contributed by atoms with van der Waals surface area (Å²) in [6.45, 7) is 4.47. The number of halogens is 1. The van der Waals surface area contributed by atoms with E-state index in [0.29, 0.717) is 31.1 Å². The number of nitrogens with zero attached hydrogens (tertiary/aromatic N) is 1. The van der Waals surface area contributed by atoms with E-state index in [0.717, 1.165) is 24.2 Å². The average Bonchev–Trinajstić information content (AvgIpc) is 2.46. The number of hydrogen-bond donors (Lipinski definition) is 1. The van der Waals surface area contributed by atoms with Crippen LogP contribution in [0.25, 0.3) is 0 Å². The van der Waals surface area contributed by atoms with Crippen LogP contribution in [0.2, 0.25) is 0 Å². The zero-order valence-corrected chi connectivity index (χ0v) is 13.7. The normalized spacial score (nSPS) is 22.8. The Morgan fingerprint density at radius 1 is 1.38 bits per heavy atom. The Labute approximate surface area is 132 Å². The molecule has 0 amide bonds. The van der Waals surface area contributed by atoms with Gasteiger partial charge >= 0.3 is 0 Å². The molecular weight excluding hydrogens is 312 g/mol. The Bertz CT molecular complexity index is 606. The van der Waals surface area contributed by atoms with Crippen molar-refractivity contribution in [2.75, 3.05) is 26.2 Å². The molecule has 0 aromatic heterocycles. The fraction of sp³-hybridized carbons (Fsp3) is 0.571. The lowest BCUT2D eigenvalue weighted by Crippen LogP contribution is -2.51. The van der Waals surface area contributed by atoms with Crippen molar-refractivity contribution >= 4 is 22.4 Å². The zero-order valence-electron chi connectivity index (χ0n) is 12.0. The van der Waals surface area contributed by atoms with E-state index in [1.54, 1.807) is 22.5 Å². The molecule has 1 aromatic rings. The van der Waals surface area contributed by atoms with E-state index < -0.39 is 10.0 Å². The molecule has 1 atom stereocenters. The molecule has 1 fully saturated rings. The number of rotatable bonds is 2. The Balaban J connectivity index is 0.00000161. The second-order valence-corrected chi connectivity index (χ2v) is 7.38. The summed E-state index contributed by atoms with van der Waals surface area (Å²) in [5.74, 6) is 0.823. The van der Waals surface area contributed by atoms with Gasteiger partial charge in [-0.3, -0.25) is 0 Å². The van der Waals surface area contributed by atoms with Gasteiger partial charge < -0.3 is 10.1 Å². The van der Waals surface area contributed by atoms with Gasteiger partial charge in [-0.25, -0.2) is 8.42 Å². The quantitative estimate of drug-likeness (QED) is 0.889. The molecule has 1 aromatic carbocycles. The Morgan fingerprint density at radius 2 is 2.19 bits per heavy atom. The molecule has 0 radical (unpaired) electrons. The van der Waals surface area contributed by atoms with Crippen LogP contribution >= 0.6 is 12.4 Å². The number of hydrogen-bond acceptors (Lipinski definition) is 4. The molecule has 7 heteroatoms. The van der Waals surface area contributed by atoms with Crippen LogP contribution in [0.3, 0.4) is 0 Å². The molecule has 1 saturated heterocycles.